The van der Waals surface area contributed by atoms with Crippen LogP contribution in [0, 0.1) is 6.92 Å². The normalized spacial score (nSPS) is 16.8. The van der Waals surface area contributed by atoms with Crippen molar-refractivity contribution in [1.82, 2.24) is 0 Å². The van der Waals surface area contributed by atoms with Gasteiger partial charge < -0.3 is 14.6 Å². The van der Waals surface area contributed by atoms with Crippen LogP contribution in [0.1, 0.15) is 29.8 Å². The maximum Gasteiger partial charge on any atom is 0.294 e. The van der Waals surface area contributed by atoms with E-state index in [1.165, 1.54) is 30.5 Å². The number of methoxy groups -OCH3 is 2. The molecule has 2 aromatic rings. The van der Waals surface area contributed by atoms with Crippen molar-refractivity contribution in [3.8, 4) is 11.5 Å². The molecule has 0 bridgehead atoms. The van der Waals surface area contributed by atoms with Crippen molar-refractivity contribution in [3.63, 3.8) is 0 Å². The Morgan fingerprint density at radius 1 is 1.22 bits per heavy atom. The fourth-order valence-corrected chi connectivity index (χ4v) is 4.26. The molecule has 1 unspecified atom stereocenters. The standard InChI is InChI=1S/C20H21NO5S/c1-5-13(22)16-17(19-11(2)8-9-27-19)21(20(24)18(16)23)12-6-7-14(25-3)15(10-12)26-4/h6-10,17,23H,5H2,1-4H3. The molecule has 3 rings (SSSR count). The second-order valence-corrected chi connectivity index (χ2v) is 7.07. The van der Waals surface area contributed by atoms with Crippen LogP contribution in [0.4, 0.5) is 5.69 Å². The lowest BCUT2D eigenvalue weighted by Crippen LogP contribution is -2.30. The van der Waals surface area contributed by atoms with Crippen molar-refractivity contribution in [1.29, 1.82) is 0 Å². The average Bonchev–Trinajstić information content (AvgIpc) is 3.21. The van der Waals surface area contributed by atoms with Crippen LogP contribution in [-0.4, -0.2) is 31.0 Å². The average molecular weight is 387 g/mol. The Labute approximate surface area is 161 Å². The molecule has 142 valence electrons. The number of hydrogen-bond acceptors (Lipinski definition) is 6. The van der Waals surface area contributed by atoms with Gasteiger partial charge >= 0.3 is 0 Å². The quantitative estimate of drug-likeness (QED) is 0.812. The van der Waals surface area contributed by atoms with Gasteiger partial charge in [-0.05, 0) is 36.1 Å². The van der Waals surface area contributed by atoms with E-state index in [0.29, 0.717) is 17.2 Å². The largest absolute Gasteiger partial charge is 0.503 e. The number of aliphatic hydroxyl groups excluding tert-OH is 1. The minimum atomic E-state index is -0.664. The van der Waals surface area contributed by atoms with Gasteiger partial charge in [-0.15, -0.1) is 11.3 Å². The second-order valence-electron chi connectivity index (χ2n) is 6.12. The van der Waals surface area contributed by atoms with Gasteiger partial charge in [-0.25, -0.2) is 0 Å². The van der Waals surface area contributed by atoms with Crippen LogP contribution in [0.5, 0.6) is 11.5 Å². The highest BCUT2D eigenvalue weighted by Gasteiger charge is 2.45. The lowest BCUT2D eigenvalue weighted by Gasteiger charge is -2.27. The first-order valence-corrected chi connectivity index (χ1v) is 9.38. The van der Waals surface area contributed by atoms with E-state index in [-0.39, 0.29) is 17.8 Å². The van der Waals surface area contributed by atoms with Gasteiger partial charge in [-0.3, -0.25) is 14.5 Å². The highest BCUT2D eigenvalue weighted by atomic mass is 32.1. The molecule has 0 saturated carbocycles. The SMILES string of the molecule is CCC(=O)C1=C(O)C(=O)N(c2ccc(OC)c(OC)c2)C1c1sccc1C. The summed E-state index contributed by atoms with van der Waals surface area (Å²) in [7, 11) is 3.04. The number of hydrogen-bond donors (Lipinski definition) is 1. The number of carbonyl (C=O) groups is 2. The maximum absolute atomic E-state index is 12.9. The summed E-state index contributed by atoms with van der Waals surface area (Å²) in [4.78, 5) is 27.7. The van der Waals surface area contributed by atoms with Gasteiger partial charge in [0.15, 0.2) is 23.0 Å². The smallest absolute Gasteiger partial charge is 0.294 e. The molecular formula is C20H21NO5S. The third-order valence-corrected chi connectivity index (χ3v) is 5.70. The Balaban J connectivity index is 2.18. The molecule has 0 spiro atoms. The monoisotopic (exact) mass is 387 g/mol. The van der Waals surface area contributed by atoms with Gasteiger partial charge in [0.2, 0.25) is 0 Å². The molecule has 0 saturated heterocycles. The van der Waals surface area contributed by atoms with E-state index < -0.39 is 17.7 Å². The van der Waals surface area contributed by atoms with Gasteiger partial charge in [0, 0.05) is 23.1 Å². The molecular weight excluding hydrogens is 366 g/mol. The molecule has 1 aliphatic rings. The van der Waals surface area contributed by atoms with Gasteiger partial charge in [0.05, 0.1) is 19.8 Å². The summed E-state index contributed by atoms with van der Waals surface area (Å²) in [6.07, 6.45) is 0.202. The van der Waals surface area contributed by atoms with Gasteiger partial charge in [0.25, 0.3) is 5.91 Å². The Hall–Kier alpha value is -2.80. The van der Waals surface area contributed by atoms with Crippen molar-refractivity contribution in [3.05, 3.63) is 51.4 Å². The van der Waals surface area contributed by atoms with Gasteiger partial charge in [0.1, 0.15) is 6.04 Å². The molecule has 0 aliphatic carbocycles. The van der Waals surface area contributed by atoms with Crippen molar-refractivity contribution < 1.29 is 24.2 Å². The van der Waals surface area contributed by atoms with Gasteiger partial charge in [-0.1, -0.05) is 6.92 Å². The fourth-order valence-electron chi connectivity index (χ4n) is 3.23. The lowest BCUT2D eigenvalue weighted by atomic mass is 9.98. The zero-order chi connectivity index (χ0) is 19.7. The molecule has 1 aromatic carbocycles. The predicted molar refractivity (Wildman–Crippen MR) is 104 cm³/mol. The minimum absolute atomic E-state index is 0.142. The van der Waals surface area contributed by atoms with Crippen molar-refractivity contribution in [2.45, 2.75) is 26.3 Å². The summed E-state index contributed by atoms with van der Waals surface area (Å²) in [6, 6.07) is 6.33. The van der Waals surface area contributed by atoms with Crippen LogP contribution >= 0.6 is 11.3 Å². The molecule has 1 aromatic heterocycles. The third kappa shape index (κ3) is 3.08. The highest BCUT2D eigenvalue weighted by molar-refractivity contribution is 7.10. The summed E-state index contributed by atoms with van der Waals surface area (Å²) in [5.41, 5.74) is 1.61. The number of Topliss-reactive ketones (excluding diaryl/α,β-unsaturated/α-hetero) is 1. The maximum atomic E-state index is 12.9. The molecule has 6 nitrogen and oxygen atoms in total. The summed E-state index contributed by atoms with van der Waals surface area (Å²) >= 11 is 1.45. The van der Waals surface area contributed by atoms with E-state index in [1.54, 1.807) is 25.1 Å². The van der Waals surface area contributed by atoms with Crippen molar-refractivity contribution in [2.24, 2.45) is 0 Å². The third-order valence-electron chi connectivity index (χ3n) is 4.63. The first kappa shape index (κ1) is 19.0. The number of benzene rings is 1. The number of amides is 1. The molecule has 2 heterocycles. The van der Waals surface area contributed by atoms with E-state index in [0.717, 1.165) is 10.4 Å². The number of thiophene rings is 1. The molecule has 1 N–H and O–H groups in total. The van der Waals surface area contributed by atoms with Crippen LogP contribution < -0.4 is 14.4 Å². The first-order valence-electron chi connectivity index (χ1n) is 8.50. The van der Waals surface area contributed by atoms with E-state index in [9.17, 15) is 14.7 Å². The van der Waals surface area contributed by atoms with Crippen LogP contribution in [-0.2, 0) is 9.59 Å². The van der Waals surface area contributed by atoms with Crippen molar-refractivity contribution >= 4 is 28.7 Å². The Morgan fingerprint density at radius 3 is 2.48 bits per heavy atom. The number of anilines is 1. The first-order chi connectivity index (χ1) is 12.9. The lowest BCUT2D eigenvalue weighted by molar-refractivity contribution is -0.118. The number of aliphatic hydroxyl groups is 1. The molecule has 0 radical (unpaired) electrons. The van der Waals surface area contributed by atoms with Crippen LogP contribution in [0.3, 0.4) is 0 Å². The van der Waals surface area contributed by atoms with Crippen molar-refractivity contribution in [2.75, 3.05) is 19.1 Å². The van der Waals surface area contributed by atoms with E-state index >= 15 is 0 Å². The number of ketones is 1. The topological polar surface area (TPSA) is 76.1 Å². The predicted octanol–water partition coefficient (Wildman–Crippen LogP) is 3.95. The van der Waals surface area contributed by atoms with E-state index in [1.807, 2.05) is 18.4 Å². The zero-order valence-corrected chi connectivity index (χ0v) is 16.4. The number of carbonyl (C=O) groups excluding carboxylic acids is 2. The summed E-state index contributed by atoms with van der Waals surface area (Å²) in [5, 5.41) is 12.4. The highest BCUT2D eigenvalue weighted by Crippen LogP contribution is 2.45. The Kier molecular flexibility index (Phi) is 5.23. The summed E-state index contributed by atoms with van der Waals surface area (Å²) < 4.78 is 10.6. The Bertz CT molecular complexity index is 930. The molecule has 0 fully saturated rings. The molecule has 1 amide bonds. The number of nitrogens with zero attached hydrogens (tertiary/aromatic N) is 1. The van der Waals surface area contributed by atoms with Crippen LogP contribution in [0.25, 0.3) is 0 Å². The molecule has 1 atom stereocenters. The molecule has 1 aliphatic heterocycles. The molecule has 7 heteroatoms. The van der Waals surface area contributed by atoms with E-state index in [2.05, 4.69) is 0 Å². The number of rotatable bonds is 6. The summed E-state index contributed by atoms with van der Waals surface area (Å²) in [6.45, 7) is 3.64. The minimum Gasteiger partial charge on any atom is -0.503 e. The summed E-state index contributed by atoms with van der Waals surface area (Å²) in [5.74, 6) is -0.356. The van der Waals surface area contributed by atoms with Gasteiger partial charge in [-0.2, -0.15) is 0 Å². The van der Waals surface area contributed by atoms with E-state index in [4.69, 9.17) is 9.47 Å². The molecule has 27 heavy (non-hydrogen) atoms. The van der Waals surface area contributed by atoms with Crippen LogP contribution in [0.15, 0.2) is 41.0 Å². The fraction of sp³-hybridized carbons (Fsp3) is 0.300. The zero-order valence-electron chi connectivity index (χ0n) is 15.6. The number of ether oxygens (including phenoxy) is 2. The second kappa shape index (κ2) is 7.44. The van der Waals surface area contributed by atoms with Crippen LogP contribution in [0.2, 0.25) is 0 Å². The number of aryl methyl sites for hydroxylation is 1. The Morgan fingerprint density at radius 2 is 1.93 bits per heavy atom.